The molecule has 0 bridgehead atoms. The fourth-order valence-electron chi connectivity index (χ4n) is 2.21. The van der Waals surface area contributed by atoms with Crippen molar-refractivity contribution in [1.29, 1.82) is 0 Å². The number of carbonyl (C=O) groups excluding carboxylic acids is 1. The fourth-order valence-corrected chi connectivity index (χ4v) is 2.21. The van der Waals surface area contributed by atoms with Crippen molar-refractivity contribution in [2.75, 3.05) is 5.32 Å². The van der Waals surface area contributed by atoms with Crippen LogP contribution in [0.2, 0.25) is 0 Å². The van der Waals surface area contributed by atoms with Crippen LogP contribution in [0, 0.1) is 13.8 Å². The number of rotatable bonds is 5. The Kier molecular flexibility index (Phi) is 4.75. The van der Waals surface area contributed by atoms with Crippen LogP contribution in [-0.4, -0.2) is 21.7 Å². The van der Waals surface area contributed by atoms with Crippen LogP contribution in [0.25, 0.3) is 5.69 Å². The number of nitrogens with zero attached hydrogens (tertiary/aromatic N) is 2. The van der Waals surface area contributed by atoms with E-state index in [0.29, 0.717) is 12.8 Å². The number of benzene rings is 1. The second-order valence-electron chi connectivity index (χ2n) is 5.42. The molecule has 21 heavy (non-hydrogen) atoms. The zero-order valence-electron chi connectivity index (χ0n) is 12.8. The van der Waals surface area contributed by atoms with E-state index >= 15 is 0 Å². The zero-order valence-corrected chi connectivity index (χ0v) is 12.8. The molecule has 0 saturated heterocycles. The molecule has 0 spiro atoms. The van der Waals surface area contributed by atoms with Gasteiger partial charge >= 0.3 is 0 Å². The van der Waals surface area contributed by atoms with E-state index in [1.165, 1.54) is 0 Å². The molecule has 1 heterocycles. The Labute approximate surface area is 125 Å². The third-order valence-corrected chi connectivity index (χ3v) is 3.24. The fraction of sp³-hybridized carbons (Fsp3) is 0.375. The number of nitrogens with one attached hydrogen (secondary N) is 1. The molecule has 0 aliphatic rings. The summed E-state index contributed by atoms with van der Waals surface area (Å²) in [6.45, 7) is 5.85. The van der Waals surface area contributed by atoms with E-state index < -0.39 is 0 Å². The summed E-state index contributed by atoms with van der Waals surface area (Å²) in [7, 11) is 0. The van der Waals surface area contributed by atoms with Gasteiger partial charge in [0.25, 0.3) is 0 Å². The van der Waals surface area contributed by atoms with Crippen molar-refractivity contribution in [3.8, 4) is 5.69 Å². The van der Waals surface area contributed by atoms with Gasteiger partial charge in [0.15, 0.2) is 0 Å². The molecule has 2 aromatic rings. The first-order valence-corrected chi connectivity index (χ1v) is 7.15. The maximum atomic E-state index is 12.0. The molecule has 0 saturated carbocycles. The molecule has 1 aromatic carbocycles. The van der Waals surface area contributed by atoms with Gasteiger partial charge in [0, 0.05) is 18.2 Å². The normalized spacial score (nSPS) is 12.2. The van der Waals surface area contributed by atoms with E-state index in [2.05, 4.69) is 10.4 Å². The first kappa shape index (κ1) is 15.3. The van der Waals surface area contributed by atoms with E-state index in [1.54, 1.807) is 0 Å². The Morgan fingerprint density at radius 3 is 2.71 bits per heavy atom. The average molecular weight is 286 g/mol. The number of aromatic nitrogens is 2. The lowest BCUT2D eigenvalue weighted by atomic mass is 10.2. The molecule has 1 atom stereocenters. The van der Waals surface area contributed by atoms with Gasteiger partial charge < -0.3 is 11.1 Å². The Hall–Kier alpha value is -2.14. The Morgan fingerprint density at radius 1 is 1.38 bits per heavy atom. The molecular weight excluding hydrogens is 264 g/mol. The summed E-state index contributed by atoms with van der Waals surface area (Å²) in [5.41, 5.74) is 9.30. The predicted octanol–water partition coefficient (Wildman–Crippen LogP) is 2.56. The first-order valence-electron chi connectivity index (χ1n) is 7.15. The molecule has 0 radical (unpaired) electrons. The molecule has 1 unspecified atom stereocenters. The molecule has 5 heteroatoms. The van der Waals surface area contributed by atoms with Crippen LogP contribution < -0.4 is 11.1 Å². The van der Waals surface area contributed by atoms with Crippen molar-refractivity contribution in [3.05, 3.63) is 41.7 Å². The van der Waals surface area contributed by atoms with Crippen LogP contribution in [0.4, 0.5) is 5.69 Å². The van der Waals surface area contributed by atoms with Gasteiger partial charge in [0.05, 0.1) is 17.1 Å². The molecule has 5 nitrogen and oxygen atoms in total. The summed E-state index contributed by atoms with van der Waals surface area (Å²) in [4.78, 5) is 12.0. The van der Waals surface area contributed by atoms with Gasteiger partial charge in [-0.1, -0.05) is 12.1 Å². The number of hydrogen-bond donors (Lipinski definition) is 2. The van der Waals surface area contributed by atoms with Crippen molar-refractivity contribution in [2.45, 2.75) is 39.7 Å². The molecule has 2 rings (SSSR count). The molecule has 1 aromatic heterocycles. The van der Waals surface area contributed by atoms with Gasteiger partial charge in [-0.15, -0.1) is 0 Å². The van der Waals surface area contributed by atoms with Crippen molar-refractivity contribution < 1.29 is 4.79 Å². The van der Waals surface area contributed by atoms with Crippen LogP contribution in [0.5, 0.6) is 0 Å². The third-order valence-electron chi connectivity index (χ3n) is 3.24. The monoisotopic (exact) mass is 286 g/mol. The van der Waals surface area contributed by atoms with E-state index in [0.717, 1.165) is 22.8 Å². The molecule has 0 aliphatic carbocycles. The quantitative estimate of drug-likeness (QED) is 0.887. The average Bonchev–Trinajstić information content (AvgIpc) is 2.76. The van der Waals surface area contributed by atoms with Gasteiger partial charge in [0.2, 0.25) is 5.91 Å². The van der Waals surface area contributed by atoms with Gasteiger partial charge in [-0.05, 0) is 45.4 Å². The minimum absolute atomic E-state index is 0.0266. The molecule has 0 fully saturated rings. The van der Waals surface area contributed by atoms with Crippen molar-refractivity contribution >= 4 is 11.6 Å². The van der Waals surface area contributed by atoms with E-state index in [4.69, 9.17) is 5.73 Å². The lowest BCUT2D eigenvalue weighted by Crippen LogP contribution is -2.20. The third kappa shape index (κ3) is 3.92. The number of anilines is 1. The van der Waals surface area contributed by atoms with E-state index in [1.807, 2.05) is 55.8 Å². The van der Waals surface area contributed by atoms with Crippen LogP contribution in [0.3, 0.4) is 0 Å². The summed E-state index contributed by atoms with van der Waals surface area (Å²) >= 11 is 0. The van der Waals surface area contributed by atoms with Crippen LogP contribution in [0.1, 0.15) is 31.2 Å². The summed E-state index contributed by atoms with van der Waals surface area (Å²) in [5, 5.41) is 7.41. The number of nitrogens with two attached hydrogens (primary N) is 1. The maximum absolute atomic E-state index is 12.0. The highest BCUT2D eigenvalue weighted by molar-refractivity contribution is 5.92. The van der Waals surface area contributed by atoms with Crippen LogP contribution in [-0.2, 0) is 4.79 Å². The maximum Gasteiger partial charge on any atom is 0.224 e. The second kappa shape index (κ2) is 6.54. The Balaban J connectivity index is 2.21. The topological polar surface area (TPSA) is 72.9 Å². The number of carbonyl (C=O) groups is 1. The highest BCUT2D eigenvalue weighted by Crippen LogP contribution is 2.21. The molecule has 112 valence electrons. The lowest BCUT2D eigenvalue weighted by molar-refractivity contribution is -0.116. The first-order chi connectivity index (χ1) is 9.97. The van der Waals surface area contributed by atoms with Crippen LogP contribution >= 0.6 is 0 Å². The molecule has 3 N–H and O–H groups in total. The van der Waals surface area contributed by atoms with Crippen LogP contribution in [0.15, 0.2) is 30.3 Å². The SMILES string of the molecule is Cc1cc(C)n(-c2ccccc2NC(=O)CCC(C)N)n1. The van der Waals surface area contributed by atoms with Gasteiger partial charge in [-0.25, -0.2) is 4.68 Å². The lowest BCUT2D eigenvalue weighted by Gasteiger charge is -2.13. The van der Waals surface area contributed by atoms with Gasteiger partial charge in [0.1, 0.15) is 0 Å². The number of amides is 1. The molecular formula is C16H22N4O. The van der Waals surface area contributed by atoms with Crippen molar-refractivity contribution in [2.24, 2.45) is 5.73 Å². The van der Waals surface area contributed by atoms with Crippen molar-refractivity contribution in [1.82, 2.24) is 9.78 Å². The summed E-state index contributed by atoms with van der Waals surface area (Å²) < 4.78 is 1.84. The van der Waals surface area contributed by atoms with E-state index in [9.17, 15) is 4.79 Å². The van der Waals surface area contributed by atoms with Gasteiger partial charge in [-0.2, -0.15) is 5.10 Å². The highest BCUT2D eigenvalue weighted by Gasteiger charge is 2.11. The highest BCUT2D eigenvalue weighted by atomic mass is 16.1. The Bertz CT molecular complexity index is 631. The van der Waals surface area contributed by atoms with Gasteiger partial charge in [-0.3, -0.25) is 4.79 Å². The molecule has 0 aliphatic heterocycles. The standard InChI is InChI=1S/C16H22N4O/c1-11(17)8-9-16(21)18-14-6-4-5-7-15(14)20-13(3)10-12(2)19-20/h4-7,10-11H,8-9,17H2,1-3H3,(H,18,21). The minimum atomic E-state index is -0.0266. The summed E-state index contributed by atoms with van der Waals surface area (Å²) in [6.07, 6.45) is 1.09. The smallest absolute Gasteiger partial charge is 0.224 e. The minimum Gasteiger partial charge on any atom is -0.328 e. The Morgan fingerprint density at radius 2 is 2.10 bits per heavy atom. The van der Waals surface area contributed by atoms with E-state index in [-0.39, 0.29) is 11.9 Å². The molecule has 1 amide bonds. The number of aryl methyl sites for hydroxylation is 2. The number of hydrogen-bond acceptors (Lipinski definition) is 3. The zero-order chi connectivity index (χ0) is 15.4. The number of para-hydroxylation sites is 2. The summed E-state index contributed by atoms with van der Waals surface area (Å²) in [5.74, 6) is -0.0266. The largest absolute Gasteiger partial charge is 0.328 e. The summed E-state index contributed by atoms with van der Waals surface area (Å²) in [6, 6.07) is 9.70. The predicted molar refractivity (Wildman–Crippen MR) is 84.6 cm³/mol. The van der Waals surface area contributed by atoms with Crippen molar-refractivity contribution in [3.63, 3.8) is 0 Å². The second-order valence-corrected chi connectivity index (χ2v) is 5.42.